The van der Waals surface area contributed by atoms with Gasteiger partial charge in [0.2, 0.25) is 5.95 Å². The molecule has 29 heavy (non-hydrogen) atoms. The van der Waals surface area contributed by atoms with E-state index in [4.69, 9.17) is 0 Å². The summed E-state index contributed by atoms with van der Waals surface area (Å²) in [6, 6.07) is 8.48. The second-order valence-corrected chi connectivity index (χ2v) is 6.93. The Balaban J connectivity index is 1.37. The van der Waals surface area contributed by atoms with Gasteiger partial charge >= 0.3 is 6.29 Å². The van der Waals surface area contributed by atoms with E-state index in [2.05, 4.69) is 29.7 Å². The second kappa shape index (κ2) is 6.21. The molecule has 0 spiro atoms. The average Bonchev–Trinajstić information content (AvgIpc) is 3.34. The van der Waals surface area contributed by atoms with Gasteiger partial charge in [0.1, 0.15) is 16.5 Å². The van der Waals surface area contributed by atoms with Crippen molar-refractivity contribution >= 4 is 34.2 Å². The van der Waals surface area contributed by atoms with E-state index >= 15 is 0 Å². The zero-order chi connectivity index (χ0) is 20.2. The number of ether oxygens (including phenoxy) is 2. The summed E-state index contributed by atoms with van der Waals surface area (Å²) < 4.78 is 48.4. The third-order valence-corrected chi connectivity index (χ3v) is 4.94. The molecule has 0 fully saturated rings. The molecule has 7 nitrogen and oxygen atoms in total. The number of carbonyl (C=O) groups excluding carboxylic acids is 1. The number of anilines is 1. The molecule has 0 saturated heterocycles. The quantitative estimate of drug-likeness (QED) is 0.515. The first-order chi connectivity index (χ1) is 13.9. The number of halogens is 3. The molecule has 0 radical (unpaired) electrons. The smallest absolute Gasteiger partial charge is 0.395 e. The van der Waals surface area contributed by atoms with Crippen LogP contribution in [-0.2, 0) is 0 Å². The highest BCUT2D eigenvalue weighted by Crippen LogP contribution is 2.42. The lowest BCUT2D eigenvalue weighted by Crippen LogP contribution is -2.25. The van der Waals surface area contributed by atoms with Crippen molar-refractivity contribution in [3.05, 3.63) is 53.3 Å². The lowest BCUT2D eigenvalue weighted by Gasteiger charge is -2.04. The molecule has 0 atom stereocenters. The Labute approximate surface area is 164 Å². The number of benzene rings is 2. The molecule has 5 rings (SSSR count). The van der Waals surface area contributed by atoms with Gasteiger partial charge in [-0.25, -0.2) is 14.4 Å². The van der Waals surface area contributed by atoms with Gasteiger partial charge in [0, 0.05) is 23.1 Å². The van der Waals surface area contributed by atoms with Crippen LogP contribution in [0.1, 0.15) is 10.5 Å². The molecule has 2 aromatic heterocycles. The van der Waals surface area contributed by atoms with E-state index < -0.39 is 18.0 Å². The van der Waals surface area contributed by atoms with Crippen molar-refractivity contribution < 1.29 is 27.4 Å². The predicted molar refractivity (Wildman–Crippen MR) is 97.8 cm³/mol. The number of nitrogens with zero attached hydrogens (tertiary/aromatic N) is 2. The lowest BCUT2D eigenvalue weighted by molar-refractivity contribution is -0.286. The maximum absolute atomic E-state index is 13.4. The molecule has 1 amide bonds. The maximum atomic E-state index is 13.4. The van der Waals surface area contributed by atoms with E-state index in [0.717, 1.165) is 0 Å². The summed E-state index contributed by atoms with van der Waals surface area (Å²) in [7, 11) is 0. The van der Waals surface area contributed by atoms with E-state index in [1.807, 2.05) is 0 Å². The van der Waals surface area contributed by atoms with Gasteiger partial charge in [0.15, 0.2) is 11.5 Å². The van der Waals surface area contributed by atoms with E-state index in [1.54, 1.807) is 12.1 Å². The van der Waals surface area contributed by atoms with Crippen molar-refractivity contribution in [1.82, 2.24) is 15.0 Å². The molecule has 0 bridgehead atoms. The summed E-state index contributed by atoms with van der Waals surface area (Å²) in [6.45, 7) is 0. The highest BCUT2D eigenvalue weighted by Gasteiger charge is 2.43. The molecule has 3 heterocycles. The molecule has 2 N–H and O–H groups in total. The van der Waals surface area contributed by atoms with Crippen LogP contribution in [-0.4, -0.2) is 27.2 Å². The molecule has 2 aromatic carbocycles. The molecule has 4 aromatic rings. The summed E-state index contributed by atoms with van der Waals surface area (Å²) in [5.41, 5.74) is 1.37. The minimum Gasteiger partial charge on any atom is -0.395 e. The van der Waals surface area contributed by atoms with Crippen LogP contribution in [0.5, 0.6) is 11.5 Å². The minimum absolute atomic E-state index is 0.0979. The van der Waals surface area contributed by atoms with Crippen LogP contribution in [0, 0.1) is 5.82 Å². The van der Waals surface area contributed by atoms with Gasteiger partial charge in [-0.1, -0.05) is 12.1 Å². The van der Waals surface area contributed by atoms with Crippen molar-refractivity contribution in [3.63, 3.8) is 0 Å². The van der Waals surface area contributed by atoms with E-state index in [1.165, 1.54) is 41.0 Å². The third kappa shape index (κ3) is 3.25. The fraction of sp³-hybridized carbons (Fsp3) is 0.0556. The topological polar surface area (TPSA) is 89.1 Å². The normalized spacial score (nSPS) is 14.3. The van der Waals surface area contributed by atoms with Gasteiger partial charge in [-0.15, -0.1) is 20.1 Å². The van der Waals surface area contributed by atoms with Crippen molar-refractivity contribution in [1.29, 1.82) is 0 Å². The van der Waals surface area contributed by atoms with Crippen molar-refractivity contribution in [2.24, 2.45) is 0 Å². The molecular weight excluding hydrogens is 409 g/mol. The van der Waals surface area contributed by atoms with Crippen molar-refractivity contribution in [2.75, 3.05) is 5.32 Å². The van der Waals surface area contributed by atoms with Gasteiger partial charge in [-0.2, -0.15) is 0 Å². The number of alkyl halides is 2. The van der Waals surface area contributed by atoms with Gasteiger partial charge in [0.25, 0.3) is 5.91 Å². The first-order valence-corrected chi connectivity index (χ1v) is 9.07. The number of fused-ring (bicyclic) bond motifs is 2. The van der Waals surface area contributed by atoms with Gasteiger partial charge in [-0.05, 0) is 12.1 Å². The highest BCUT2D eigenvalue weighted by atomic mass is 32.1. The van der Waals surface area contributed by atoms with Crippen LogP contribution < -0.4 is 14.8 Å². The minimum atomic E-state index is -3.72. The number of amides is 1. The largest absolute Gasteiger partial charge is 0.586 e. The first-order valence-electron chi connectivity index (χ1n) is 8.19. The summed E-state index contributed by atoms with van der Waals surface area (Å²) in [4.78, 5) is 23.6. The van der Waals surface area contributed by atoms with Crippen LogP contribution in [0.15, 0.2) is 41.8 Å². The van der Waals surface area contributed by atoms with E-state index in [-0.39, 0.29) is 23.1 Å². The van der Waals surface area contributed by atoms with Crippen LogP contribution in [0.3, 0.4) is 0 Å². The van der Waals surface area contributed by atoms with Crippen LogP contribution in [0.2, 0.25) is 0 Å². The Kier molecular flexibility index (Phi) is 3.74. The van der Waals surface area contributed by atoms with E-state index in [0.29, 0.717) is 21.6 Å². The molecule has 0 unspecified atom stereocenters. The number of imidazole rings is 1. The number of H-pyrrole nitrogens is 1. The lowest BCUT2D eigenvalue weighted by atomic mass is 10.2. The first kappa shape index (κ1) is 17.5. The summed E-state index contributed by atoms with van der Waals surface area (Å²) >= 11 is 1.20. The maximum Gasteiger partial charge on any atom is 0.586 e. The van der Waals surface area contributed by atoms with Crippen LogP contribution in [0.25, 0.3) is 21.6 Å². The van der Waals surface area contributed by atoms with Gasteiger partial charge in [-0.3, -0.25) is 10.1 Å². The van der Waals surface area contributed by atoms with Gasteiger partial charge < -0.3 is 14.5 Å². The Bertz CT molecular complexity index is 1230. The Hall–Kier alpha value is -3.60. The SMILES string of the molecule is O=C(Nc1nc2cc3c(cc2[nH]1)OC(F)(F)O3)c1csc(-c2cccc(F)c2)n1. The third-order valence-electron chi connectivity index (χ3n) is 4.05. The van der Waals surface area contributed by atoms with Crippen LogP contribution in [0.4, 0.5) is 19.1 Å². The van der Waals surface area contributed by atoms with Crippen molar-refractivity contribution in [3.8, 4) is 22.1 Å². The summed E-state index contributed by atoms with van der Waals surface area (Å²) in [6.07, 6.45) is -3.72. The number of aromatic amines is 1. The van der Waals surface area contributed by atoms with Crippen LogP contribution >= 0.6 is 11.3 Å². The average molecular weight is 418 g/mol. The zero-order valence-corrected chi connectivity index (χ0v) is 15.0. The number of carbonyl (C=O) groups is 1. The molecule has 1 aliphatic rings. The Morgan fingerprint density at radius 3 is 2.72 bits per heavy atom. The van der Waals surface area contributed by atoms with Gasteiger partial charge in [0.05, 0.1) is 11.0 Å². The monoisotopic (exact) mass is 418 g/mol. The molecule has 0 saturated carbocycles. The number of nitrogens with one attached hydrogen (secondary N) is 2. The Morgan fingerprint density at radius 2 is 1.93 bits per heavy atom. The number of hydrogen-bond donors (Lipinski definition) is 2. The Morgan fingerprint density at radius 1 is 1.14 bits per heavy atom. The standard InChI is InChI=1S/C18H9F3N4O3S/c19-9-3-1-2-8(4-9)16-22-12(7-29-16)15(26)25-17-23-10-5-13-14(6-11(10)24-17)28-18(20,21)27-13/h1-7H,(H2,23,24,25,26). The number of hydrogen-bond acceptors (Lipinski definition) is 6. The number of thiazole rings is 1. The zero-order valence-electron chi connectivity index (χ0n) is 14.2. The predicted octanol–water partition coefficient (Wildman–Crippen LogP) is 4.40. The second-order valence-electron chi connectivity index (χ2n) is 6.07. The van der Waals surface area contributed by atoms with Crippen molar-refractivity contribution in [2.45, 2.75) is 6.29 Å². The fourth-order valence-electron chi connectivity index (χ4n) is 2.82. The highest BCUT2D eigenvalue weighted by molar-refractivity contribution is 7.13. The molecule has 11 heteroatoms. The fourth-order valence-corrected chi connectivity index (χ4v) is 3.61. The summed E-state index contributed by atoms with van der Waals surface area (Å²) in [5.74, 6) is -1.12. The number of aromatic nitrogens is 3. The molecule has 146 valence electrons. The molecular formula is C18H9F3N4O3S. The molecule has 1 aliphatic heterocycles. The number of rotatable bonds is 3. The van der Waals surface area contributed by atoms with E-state index in [9.17, 15) is 18.0 Å². The molecule has 0 aliphatic carbocycles. The summed E-state index contributed by atoms with van der Waals surface area (Å²) in [5, 5.41) is 4.58.